The second kappa shape index (κ2) is 16.4. The summed E-state index contributed by atoms with van der Waals surface area (Å²) in [6.45, 7) is 5.97. The van der Waals surface area contributed by atoms with E-state index in [1.165, 1.54) is 13.8 Å². The summed E-state index contributed by atoms with van der Waals surface area (Å²) in [6.07, 6.45) is 2.69. The SMILES string of the molecule is CC(=O)SCCC=C[C@@H]1CC(=O)N[C@H](C)C(=O)N[C@H](Cc2ccccc2)C(=O)N[C@H](C(C)C)C(=O)NCC(=O)O1. The van der Waals surface area contributed by atoms with Crippen LogP contribution in [-0.4, -0.2) is 71.2 Å². The number of hydrogen-bond acceptors (Lipinski definition) is 8. The maximum absolute atomic E-state index is 13.3. The summed E-state index contributed by atoms with van der Waals surface area (Å²) in [5.41, 5.74) is 0.790. The van der Waals surface area contributed by atoms with Crippen molar-refractivity contribution in [2.45, 2.75) is 71.2 Å². The van der Waals surface area contributed by atoms with E-state index in [4.69, 9.17) is 4.74 Å². The monoisotopic (exact) mass is 574 g/mol. The Balaban J connectivity index is 2.28. The van der Waals surface area contributed by atoms with Crippen LogP contribution in [0.15, 0.2) is 42.5 Å². The normalized spacial score (nSPS) is 23.7. The average molecular weight is 575 g/mol. The number of rotatable bonds is 7. The molecule has 0 radical (unpaired) electrons. The minimum atomic E-state index is -1.02. The molecule has 40 heavy (non-hydrogen) atoms. The Morgan fingerprint density at radius 3 is 2.38 bits per heavy atom. The predicted octanol–water partition coefficient (Wildman–Crippen LogP) is 1.02. The van der Waals surface area contributed by atoms with Crippen molar-refractivity contribution in [2.24, 2.45) is 5.92 Å². The van der Waals surface area contributed by atoms with Gasteiger partial charge in [-0.3, -0.25) is 28.8 Å². The quantitative estimate of drug-likeness (QED) is 0.213. The largest absolute Gasteiger partial charge is 0.456 e. The van der Waals surface area contributed by atoms with Gasteiger partial charge in [0.1, 0.15) is 30.8 Å². The highest BCUT2D eigenvalue weighted by Gasteiger charge is 2.31. The number of esters is 1. The molecule has 0 unspecified atom stereocenters. The third kappa shape index (κ3) is 11.6. The fourth-order valence-corrected chi connectivity index (χ4v) is 4.38. The Morgan fingerprint density at radius 1 is 1.02 bits per heavy atom. The van der Waals surface area contributed by atoms with E-state index in [0.717, 1.165) is 17.3 Å². The maximum Gasteiger partial charge on any atom is 0.326 e. The standard InChI is InChI=1S/C28H38N4O7S/c1-17(2)25-28(38)29-16-24(35)39-21(12-8-9-13-40-19(4)33)15-23(34)30-18(3)26(36)31-22(27(37)32-25)14-20-10-6-5-7-11-20/h5-8,10-12,17-18,21-22,25H,9,13-16H2,1-4H3,(H,29,38)(H,30,34)(H,31,36)(H,32,37)/t18-,21-,22-,25-/m1/s1. The highest BCUT2D eigenvalue weighted by Crippen LogP contribution is 2.10. The van der Waals surface area contributed by atoms with Gasteiger partial charge in [-0.2, -0.15) is 0 Å². The van der Waals surface area contributed by atoms with Crippen LogP contribution in [0.2, 0.25) is 0 Å². The van der Waals surface area contributed by atoms with Crippen LogP contribution in [0.25, 0.3) is 0 Å². The second-order valence-corrected chi connectivity index (χ2v) is 11.0. The Hall–Kier alpha value is -3.67. The van der Waals surface area contributed by atoms with Gasteiger partial charge >= 0.3 is 5.97 Å². The summed E-state index contributed by atoms with van der Waals surface area (Å²) in [6, 6.07) is 6.08. The zero-order valence-electron chi connectivity index (χ0n) is 23.2. The number of benzene rings is 1. The predicted molar refractivity (Wildman–Crippen MR) is 151 cm³/mol. The lowest BCUT2D eigenvalue weighted by Gasteiger charge is -2.27. The molecular weight excluding hydrogens is 536 g/mol. The Bertz CT molecular complexity index is 1090. The van der Waals surface area contributed by atoms with Crippen LogP contribution < -0.4 is 21.3 Å². The molecule has 1 heterocycles. The summed E-state index contributed by atoms with van der Waals surface area (Å²) in [4.78, 5) is 75.5. The number of carbonyl (C=O) groups is 6. The molecule has 1 aliphatic heterocycles. The van der Waals surface area contributed by atoms with E-state index >= 15 is 0 Å². The fourth-order valence-electron chi connectivity index (χ4n) is 3.84. The van der Waals surface area contributed by atoms with Crippen molar-refractivity contribution in [3.05, 3.63) is 48.0 Å². The van der Waals surface area contributed by atoms with E-state index in [2.05, 4.69) is 21.3 Å². The summed E-state index contributed by atoms with van der Waals surface area (Å²) in [7, 11) is 0. The van der Waals surface area contributed by atoms with Gasteiger partial charge in [-0.05, 0) is 30.9 Å². The molecule has 0 aliphatic carbocycles. The molecule has 2 rings (SSSR count). The van der Waals surface area contributed by atoms with Crippen molar-refractivity contribution >= 4 is 46.5 Å². The second-order valence-electron chi connectivity index (χ2n) is 9.78. The van der Waals surface area contributed by atoms with Crippen molar-refractivity contribution in [1.82, 2.24) is 21.3 Å². The lowest BCUT2D eigenvalue weighted by Crippen LogP contribution is -2.58. The molecule has 1 fully saturated rings. The van der Waals surface area contributed by atoms with E-state index in [-0.39, 0.29) is 23.9 Å². The number of ether oxygens (including phenoxy) is 1. The van der Waals surface area contributed by atoms with E-state index < -0.39 is 60.4 Å². The first-order valence-corrected chi connectivity index (χ1v) is 14.2. The van der Waals surface area contributed by atoms with Crippen molar-refractivity contribution < 1.29 is 33.5 Å². The summed E-state index contributed by atoms with van der Waals surface area (Å²) in [5, 5.41) is 10.4. The van der Waals surface area contributed by atoms with Crippen LogP contribution in [0.5, 0.6) is 0 Å². The van der Waals surface area contributed by atoms with Crippen LogP contribution in [0, 0.1) is 5.92 Å². The highest BCUT2D eigenvalue weighted by atomic mass is 32.2. The lowest BCUT2D eigenvalue weighted by atomic mass is 10.0. The van der Waals surface area contributed by atoms with Crippen molar-refractivity contribution in [3.8, 4) is 0 Å². The zero-order chi connectivity index (χ0) is 29.7. The zero-order valence-corrected chi connectivity index (χ0v) is 24.0. The fraction of sp³-hybridized carbons (Fsp3) is 0.500. The van der Waals surface area contributed by atoms with E-state index in [1.807, 2.05) is 30.3 Å². The molecule has 4 amide bonds. The number of carbonyl (C=O) groups excluding carboxylic acids is 6. The van der Waals surface area contributed by atoms with Gasteiger partial charge in [-0.15, -0.1) is 0 Å². The maximum atomic E-state index is 13.3. The molecular formula is C28H38N4O7S. The molecule has 1 saturated heterocycles. The first-order chi connectivity index (χ1) is 19.0. The molecule has 1 aliphatic rings. The molecule has 12 heteroatoms. The van der Waals surface area contributed by atoms with Crippen molar-refractivity contribution in [2.75, 3.05) is 12.3 Å². The van der Waals surface area contributed by atoms with Gasteiger partial charge in [0, 0.05) is 19.1 Å². The van der Waals surface area contributed by atoms with Crippen LogP contribution in [0.1, 0.15) is 46.1 Å². The first kappa shape index (κ1) is 32.5. The summed E-state index contributed by atoms with van der Waals surface area (Å²) in [5.74, 6) is -2.88. The topological polar surface area (TPSA) is 160 Å². The van der Waals surface area contributed by atoms with Crippen molar-refractivity contribution in [1.29, 1.82) is 0 Å². The molecule has 0 spiro atoms. The number of thioether (sulfide) groups is 1. The van der Waals surface area contributed by atoms with Gasteiger partial charge in [-0.1, -0.05) is 62.0 Å². The van der Waals surface area contributed by atoms with E-state index in [9.17, 15) is 28.8 Å². The van der Waals surface area contributed by atoms with Crippen LogP contribution >= 0.6 is 11.8 Å². The molecule has 218 valence electrons. The van der Waals surface area contributed by atoms with Crippen LogP contribution in [0.4, 0.5) is 0 Å². The lowest BCUT2D eigenvalue weighted by molar-refractivity contribution is -0.148. The average Bonchev–Trinajstić information content (AvgIpc) is 2.89. The third-order valence-electron chi connectivity index (χ3n) is 5.95. The molecule has 1 aromatic carbocycles. The third-order valence-corrected chi connectivity index (χ3v) is 6.80. The van der Waals surface area contributed by atoms with Gasteiger partial charge in [0.2, 0.25) is 23.6 Å². The number of cyclic esters (lactones) is 1. The molecule has 0 bridgehead atoms. The van der Waals surface area contributed by atoms with Gasteiger partial charge in [0.25, 0.3) is 0 Å². The van der Waals surface area contributed by atoms with Gasteiger partial charge in [-0.25, -0.2) is 0 Å². The highest BCUT2D eigenvalue weighted by molar-refractivity contribution is 8.13. The summed E-state index contributed by atoms with van der Waals surface area (Å²) < 4.78 is 5.40. The number of nitrogens with one attached hydrogen (secondary N) is 4. The first-order valence-electron chi connectivity index (χ1n) is 13.2. The molecule has 0 aromatic heterocycles. The van der Waals surface area contributed by atoms with Gasteiger partial charge < -0.3 is 26.0 Å². The number of amides is 4. The smallest absolute Gasteiger partial charge is 0.326 e. The Labute approximate surface area is 238 Å². The molecule has 1 aromatic rings. The minimum Gasteiger partial charge on any atom is -0.456 e. The van der Waals surface area contributed by atoms with Gasteiger partial charge in [0.05, 0.1) is 6.42 Å². The number of hydrogen-bond donors (Lipinski definition) is 4. The molecule has 4 atom stereocenters. The van der Waals surface area contributed by atoms with E-state index in [1.54, 1.807) is 26.0 Å². The Morgan fingerprint density at radius 2 is 1.73 bits per heavy atom. The van der Waals surface area contributed by atoms with Crippen LogP contribution in [0.3, 0.4) is 0 Å². The molecule has 4 N–H and O–H groups in total. The van der Waals surface area contributed by atoms with E-state index in [0.29, 0.717) is 12.2 Å². The summed E-state index contributed by atoms with van der Waals surface area (Å²) >= 11 is 1.15. The molecule has 11 nitrogen and oxygen atoms in total. The molecule has 0 saturated carbocycles. The Kier molecular flexibility index (Phi) is 13.4. The van der Waals surface area contributed by atoms with Crippen LogP contribution in [-0.2, 0) is 39.9 Å². The number of allylic oxidation sites excluding steroid dienone is 1. The van der Waals surface area contributed by atoms with Gasteiger partial charge in [0.15, 0.2) is 5.12 Å². The van der Waals surface area contributed by atoms with Crippen molar-refractivity contribution in [3.63, 3.8) is 0 Å². The minimum absolute atomic E-state index is 0.0196.